The number of hydrogen-bond acceptors (Lipinski definition) is 7. The van der Waals surface area contributed by atoms with Gasteiger partial charge >= 0.3 is 0 Å². The van der Waals surface area contributed by atoms with Crippen LogP contribution in [0.2, 0.25) is 0 Å². The summed E-state index contributed by atoms with van der Waals surface area (Å²) >= 11 is 0. The Kier molecular flexibility index (Phi) is 6.62. The Morgan fingerprint density at radius 1 is 1.37 bits per heavy atom. The number of carbonyl (C=O) groups is 2. The number of amides is 2. The van der Waals surface area contributed by atoms with Gasteiger partial charge in [-0.1, -0.05) is 0 Å². The Bertz CT molecular complexity index is 1020. The quantitative estimate of drug-likeness (QED) is 0.603. The zero-order chi connectivity index (χ0) is 21.7. The van der Waals surface area contributed by atoms with Crippen molar-refractivity contribution in [1.82, 2.24) is 29.3 Å². The van der Waals surface area contributed by atoms with Gasteiger partial charge in [-0.2, -0.15) is 10.1 Å². The van der Waals surface area contributed by atoms with Crippen molar-refractivity contribution in [2.75, 3.05) is 44.8 Å². The molecule has 3 aromatic heterocycles. The van der Waals surface area contributed by atoms with E-state index in [9.17, 15) is 4.79 Å². The molecule has 0 radical (unpaired) electrons. The highest BCUT2D eigenvalue weighted by Gasteiger charge is 2.21. The highest BCUT2D eigenvalue weighted by molar-refractivity contribution is 5.99. The molecule has 0 unspecified atom stereocenters. The number of nitrogens with two attached hydrogens (primary N) is 1. The number of primary amides is 1. The van der Waals surface area contributed by atoms with E-state index >= 15 is 0 Å². The van der Waals surface area contributed by atoms with E-state index in [2.05, 4.69) is 25.8 Å². The highest BCUT2D eigenvalue weighted by atomic mass is 16.5. The van der Waals surface area contributed by atoms with Crippen LogP contribution in [0.1, 0.15) is 17.3 Å². The Hall–Kier alpha value is -3.47. The maximum Gasteiger partial charge on any atom is 0.257 e. The van der Waals surface area contributed by atoms with E-state index < -0.39 is 0 Å². The van der Waals surface area contributed by atoms with Gasteiger partial charge in [0.1, 0.15) is 0 Å². The van der Waals surface area contributed by atoms with Crippen molar-refractivity contribution in [1.29, 1.82) is 0 Å². The lowest BCUT2D eigenvalue weighted by Crippen LogP contribution is -2.36. The minimum Gasteiger partial charge on any atom is -0.378 e. The first-order chi connectivity index (χ1) is 14.5. The van der Waals surface area contributed by atoms with Crippen molar-refractivity contribution >= 4 is 23.9 Å². The van der Waals surface area contributed by atoms with Crippen LogP contribution in [0.3, 0.4) is 0 Å². The number of morpholine rings is 1. The van der Waals surface area contributed by atoms with Gasteiger partial charge in [-0.25, -0.2) is 4.52 Å². The SMILES string of the molecule is CCN(C)C(=O)c1cnn(C)c1-c1ccn2nc(N3CCOCC3)nc2c1.NC=O. The average Bonchev–Trinajstić information content (AvgIpc) is 3.36. The van der Waals surface area contributed by atoms with E-state index in [1.54, 1.807) is 27.3 Å². The molecule has 1 aliphatic heterocycles. The molecule has 1 saturated heterocycles. The summed E-state index contributed by atoms with van der Waals surface area (Å²) in [5.41, 5.74) is 7.14. The molecule has 11 nitrogen and oxygen atoms in total. The summed E-state index contributed by atoms with van der Waals surface area (Å²) in [4.78, 5) is 29.7. The Labute approximate surface area is 174 Å². The molecule has 0 aliphatic carbocycles. The van der Waals surface area contributed by atoms with E-state index in [-0.39, 0.29) is 12.3 Å². The van der Waals surface area contributed by atoms with Gasteiger partial charge in [-0.3, -0.25) is 14.3 Å². The number of ether oxygens (including phenoxy) is 1. The first kappa shape index (κ1) is 21.2. The average molecular weight is 414 g/mol. The molecule has 1 fully saturated rings. The summed E-state index contributed by atoms with van der Waals surface area (Å²) in [7, 11) is 3.63. The molecule has 0 atom stereocenters. The fourth-order valence-electron chi connectivity index (χ4n) is 3.20. The highest BCUT2D eigenvalue weighted by Crippen LogP contribution is 2.25. The third kappa shape index (κ3) is 4.25. The Morgan fingerprint density at radius 2 is 2.07 bits per heavy atom. The molecule has 3 aromatic rings. The molecule has 0 aromatic carbocycles. The molecule has 0 saturated carbocycles. The fourth-order valence-corrected chi connectivity index (χ4v) is 3.20. The molecule has 0 spiro atoms. The van der Waals surface area contributed by atoms with Crippen LogP contribution >= 0.6 is 0 Å². The predicted molar refractivity (Wildman–Crippen MR) is 111 cm³/mol. The largest absolute Gasteiger partial charge is 0.378 e. The molecule has 160 valence electrons. The lowest BCUT2D eigenvalue weighted by Gasteiger charge is -2.25. The molecule has 4 rings (SSSR count). The monoisotopic (exact) mass is 414 g/mol. The van der Waals surface area contributed by atoms with Gasteiger partial charge in [0, 0.05) is 45.5 Å². The van der Waals surface area contributed by atoms with E-state index in [1.807, 2.05) is 32.3 Å². The summed E-state index contributed by atoms with van der Waals surface area (Å²) in [5, 5.41) is 8.85. The number of fused-ring (bicyclic) bond motifs is 1. The maximum absolute atomic E-state index is 12.7. The van der Waals surface area contributed by atoms with Crippen molar-refractivity contribution in [3.05, 3.63) is 30.1 Å². The van der Waals surface area contributed by atoms with Crippen LogP contribution < -0.4 is 10.6 Å². The van der Waals surface area contributed by atoms with Gasteiger partial charge in [-0.15, -0.1) is 5.10 Å². The van der Waals surface area contributed by atoms with Gasteiger partial charge in [-0.05, 0) is 19.1 Å². The molecular formula is C19H26N8O3. The summed E-state index contributed by atoms with van der Waals surface area (Å²) < 4.78 is 8.87. The second kappa shape index (κ2) is 9.35. The van der Waals surface area contributed by atoms with E-state index in [1.165, 1.54) is 0 Å². The first-order valence-electron chi connectivity index (χ1n) is 9.62. The number of hydrogen-bond donors (Lipinski definition) is 1. The second-order valence-corrected chi connectivity index (χ2v) is 6.72. The summed E-state index contributed by atoms with van der Waals surface area (Å²) in [5.74, 6) is 0.651. The molecule has 4 heterocycles. The Balaban J connectivity index is 0.000000806. The van der Waals surface area contributed by atoms with Crippen LogP contribution in [0.5, 0.6) is 0 Å². The van der Waals surface area contributed by atoms with Crippen LogP contribution in [-0.4, -0.2) is 81.5 Å². The molecule has 2 N–H and O–H groups in total. The third-order valence-electron chi connectivity index (χ3n) is 4.88. The van der Waals surface area contributed by atoms with Crippen molar-refractivity contribution < 1.29 is 14.3 Å². The number of aromatic nitrogens is 5. The predicted octanol–water partition coefficient (Wildman–Crippen LogP) is 0.160. The van der Waals surface area contributed by atoms with Crippen molar-refractivity contribution in [2.24, 2.45) is 12.8 Å². The molecular weight excluding hydrogens is 388 g/mol. The smallest absolute Gasteiger partial charge is 0.257 e. The molecule has 1 aliphatic rings. The summed E-state index contributed by atoms with van der Waals surface area (Å²) in [6.07, 6.45) is 3.74. The minimum atomic E-state index is -0.0454. The number of aryl methyl sites for hydroxylation is 1. The first-order valence-corrected chi connectivity index (χ1v) is 9.62. The summed E-state index contributed by atoms with van der Waals surface area (Å²) in [6.45, 7) is 5.53. The third-order valence-corrected chi connectivity index (χ3v) is 4.88. The lowest BCUT2D eigenvalue weighted by atomic mass is 10.1. The number of pyridine rings is 1. The van der Waals surface area contributed by atoms with Gasteiger partial charge in [0.2, 0.25) is 12.4 Å². The van der Waals surface area contributed by atoms with Gasteiger partial charge in [0.25, 0.3) is 5.91 Å². The second-order valence-electron chi connectivity index (χ2n) is 6.72. The molecule has 11 heteroatoms. The lowest BCUT2D eigenvalue weighted by molar-refractivity contribution is -0.106. The zero-order valence-corrected chi connectivity index (χ0v) is 17.4. The zero-order valence-electron chi connectivity index (χ0n) is 17.4. The standard InChI is InChI=1S/C18H23N7O2.CH3NO/c1-4-22(2)17(26)14-12-19-23(3)16(14)13-5-6-25-15(11-13)20-18(21-25)24-7-9-27-10-8-24;2-1-3/h5-6,11-12H,4,7-10H2,1-3H3;1H,(H2,2,3). The van der Waals surface area contributed by atoms with Crippen LogP contribution in [0.25, 0.3) is 16.9 Å². The fraction of sp³-hybridized carbons (Fsp3) is 0.421. The van der Waals surface area contributed by atoms with E-state index in [0.717, 1.165) is 30.0 Å². The van der Waals surface area contributed by atoms with Crippen molar-refractivity contribution in [3.63, 3.8) is 0 Å². The van der Waals surface area contributed by atoms with Gasteiger partial charge < -0.3 is 20.3 Å². The topological polar surface area (TPSA) is 124 Å². The summed E-state index contributed by atoms with van der Waals surface area (Å²) in [6, 6.07) is 3.88. The van der Waals surface area contributed by atoms with Gasteiger partial charge in [0.05, 0.1) is 30.7 Å². The van der Waals surface area contributed by atoms with E-state index in [0.29, 0.717) is 31.3 Å². The van der Waals surface area contributed by atoms with Crippen molar-refractivity contribution in [3.8, 4) is 11.3 Å². The number of nitrogens with zero attached hydrogens (tertiary/aromatic N) is 7. The van der Waals surface area contributed by atoms with Crippen LogP contribution in [0.4, 0.5) is 5.95 Å². The van der Waals surface area contributed by atoms with E-state index in [4.69, 9.17) is 9.53 Å². The Morgan fingerprint density at radius 3 is 2.73 bits per heavy atom. The number of carbonyl (C=O) groups excluding carboxylic acids is 2. The number of anilines is 1. The van der Waals surface area contributed by atoms with Crippen LogP contribution in [-0.2, 0) is 16.6 Å². The number of rotatable bonds is 4. The normalized spacial score (nSPS) is 13.6. The molecule has 0 bridgehead atoms. The minimum absolute atomic E-state index is 0.0454. The van der Waals surface area contributed by atoms with Crippen LogP contribution in [0, 0.1) is 0 Å². The maximum atomic E-state index is 12.7. The molecule has 30 heavy (non-hydrogen) atoms. The van der Waals surface area contributed by atoms with Crippen LogP contribution in [0.15, 0.2) is 24.5 Å². The van der Waals surface area contributed by atoms with Crippen molar-refractivity contribution in [2.45, 2.75) is 6.92 Å². The molecule has 2 amide bonds. The van der Waals surface area contributed by atoms with Gasteiger partial charge in [0.15, 0.2) is 5.65 Å².